The molecule has 0 radical (unpaired) electrons. The second-order valence-electron chi connectivity index (χ2n) is 4.95. The van der Waals surface area contributed by atoms with Gasteiger partial charge in [0.05, 0.1) is 18.2 Å². The van der Waals surface area contributed by atoms with E-state index in [0.29, 0.717) is 12.1 Å². The summed E-state index contributed by atoms with van der Waals surface area (Å²) in [6, 6.07) is 1.02. The molecule has 0 spiro atoms. The first kappa shape index (κ1) is 13.9. The summed E-state index contributed by atoms with van der Waals surface area (Å²) in [7, 11) is 0. The Balaban J connectivity index is 1.60. The zero-order valence-electron chi connectivity index (χ0n) is 11.2. The van der Waals surface area contributed by atoms with Crippen LogP contribution in [0.2, 0.25) is 0 Å². The quantitative estimate of drug-likeness (QED) is 0.818. The Morgan fingerprint density at radius 1 is 1.67 bits per heavy atom. The molecule has 2 unspecified atom stereocenters. The van der Waals surface area contributed by atoms with Crippen molar-refractivity contribution in [3.63, 3.8) is 0 Å². The van der Waals surface area contributed by atoms with Crippen LogP contribution >= 0.6 is 11.3 Å². The largest absolute Gasteiger partial charge is 0.379 e. The van der Waals surface area contributed by atoms with Crippen molar-refractivity contribution in [1.29, 1.82) is 0 Å². The van der Waals surface area contributed by atoms with E-state index in [1.807, 2.05) is 6.92 Å². The summed E-state index contributed by atoms with van der Waals surface area (Å²) in [4.78, 5) is 4.47. The number of rotatable bonds is 6. The van der Waals surface area contributed by atoms with E-state index in [4.69, 9.17) is 4.74 Å². The molecule has 1 aliphatic rings. The van der Waals surface area contributed by atoms with Gasteiger partial charge in [0, 0.05) is 42.7 Å². The lowest BCUT2D eigenvalue weighted by molar-refractivity contribution is 0.0713. The molecule has 1 aromatic rings. The van der Waals surface area contributed by atoms with Gasteiger partial charge in [-0.2, -0.15) is 0 Å². The molecule has 0 bridgehead atoms. The smallest absolute Gasteiger partial charge is 0.0940 e. The number of hydrogen-bond acceptors (Lipinski definition) is 5. The van der Waals surface area contributed by atoms with Crippen molar-refractivity contribution in [2.45, 2.75) is 38.8 Å². The van der Waals surface area contributed by atoms with Gasteiger partial charge >= 0.3 is 0 Å². The molecule has 1 aromatic heterocycles. The summed E-state index contributed by atoms with van der Waals surface area (Å²) in [6.07, 6.45) is 2.15. The first-order chi connectivity index (χ1) is 8.74. The Morgan fingerprint density at radius 3 is 3.22 bits per heavy atom. The average molecular weight is 269 g/mol. The molecule has 4 nitrogen and oxygen atoms in total. The maximum atomic E-state index is 5.46. The van der Waals surface area contributed by atoms with Crippen LogP contribution in [0.4, 0.5) is 0 Å². The lowest BCUT2D eigenvalue weighted by Crippen LogP contribution is -2.45. The predicted octanol–water partition coefficient (Wildman–Crippen LogP) is 1.35. The number of aromatic nitrogens is 1. The van der Waals surface area contributed by atoms with Crippen molar-refractivity contribution in [2.24, 2.45) is 0 Å². The molecule has 18 heavy (non-hydrogen) atoms. The van der Waals surface area contributed by atoms with Crippen LogP contribution in [-0.2, 0) is 11.2 Å². The maximum Gasteiger partial charge on any atom is 0.0940 e. The summed E-state index contributed by atoms with van der Waals surface area (Å²) in [5, 5.41) is 10.4. The first-order valence-corrected chi connectivity index (χ1v) is 7.57. The molecule has 1 fully saturated rings. The second kappa shape index (κ2) is 7.19. The topological polar surface area (TPSA) is 46.2 Å². The molecule has 1 aliphatic heterocycles. The zero-order valence-corrected chi connectivity index (χ0v) is 12.1. The van der Waals surface area contributed by atoms with Gasteiger partial charge < -0.3 is 15.4 Å². The molecular formula is C13H23N3OS. The molecule has 2 atom stereocenters. The first-order valence-electron chi connectivity index (χ1n) is 6.69. The van der Waals surface area contributed by atoms with Crippen LogP contribution in [-0.4, -0.2) is 43.4 Å². The molecule has 0 amide bonds. The van der Waals surface area contributed by atoms with Gasteiger partial charge in [-0.3, -0.25) is 0 Å². The van der Waals surface area contributed by atoms with Crippen molar-refractivity contribution >= 4 is 11.3 Å². The van der Waals surface area contributed by atoms with E-state index in [1.165, 1.54) is 5.01 Å². The van der Waals surface area contributed by atoms with E-state index in [1.54, 1.807) is 11.3 Å². The highest BCUT2D eigenvalue weighted by Crippen LogP contribution is 2.09. The van der Waals surface area contributed by atoms with Gasteiger partial charge in [0.15, 0.2) is 0 Å². The molecule has 1 saturated heterocycles. The SMILES string of the molecule is Cc1csc(CCNC(C)CC2COCCN2)n1. The molecule has 0 saturated carbocycles. The van der Waals surface area contributed by atoms with Crippen LogP contribution in [0.3, 0.4) is 0 Å². The van der Waals surface area contributed by atoms with E-state index in [2.05, 4.69) is 27.9 Å². The molecular weight excluding hydrogens is 246 g/mol. The van der Waals surface area contributed by atoms with Crippen LogP contribution in [0.15, 0.2) is 5.38 Å². The van der Waals surface area contributed by atoms with Gasteiger partial charge in [-0.1, -0.05) is 0 Å². The number of morpholine rings is 1. The van der Waals surface area contributed by atoms with E-state index < -0.39 is 0 Å². The predicted molar refractivity (Wildman–Crippen MR) is 75.2 cm³/mol. The van der Waals surface area contributed by atoms with Crippen LogP contribution < -0.4 is 10.6 Å². The number of thiazole rings is 1. The molecule has 102 valence electrons. The van der Waals surface area contributed by atoms with Crippen molar-refractivity contribution in [1.82, 2.24) is 15.6 Å². The van der Waals surface area contributed by atoms with Crippen LogP contribution in [0, 0.1) is 6.92 Å². The summed E-state index contributed by atoms with van der Waals surface area (Å²) >= 11 is 1.75. The second-order valence-corrected chi connectivity index (χ2v) is 5.89. The van der Waals surface area contributed by atoms with Gasteiger partial charge in [-0.15, -0.1) is 11.3 Å². The number of nitrogens with zero attached hydrogens (tertiary/aromatic N) is 1. The summed E-state index contributed by atoms with van der Waals surface area (Å²) in [6.45, 7) is 7.96. The molecule has 5 heteroatoms. The van der Waals surface area contributed by atoms with E-state index in [-0.39, 0.29) is 0 Å². The Kier molecular flexibility index (Phi) is 5.56. The van der Waals surface area contributed by atoms with Gasteiger partial charge in [0.1, 0.15) is 0 Å². The fraction of sp³-hybridized carbons (Fsp3) is 0.769. The van der Waals surface area contributed by atoms with Crippen molar-refractivity contribution < 1.29 is 4.74 Å². The van der Waals surface area contributed by atoms with Crippen LogP contribution in [0.1, 0.15) is 24.0 Å². The van der Waals surface area contributed by atoms with Gasteiger partial charge in [-0.25, -0.2) is 4.98 Å². The minimum atomic E-state index is 0.503. The summed E-state index contributed by atoms with van der Waals surface area (Å²) in [5.41, 5.74) is 1.13. The minimum Gasteiger partial charge on any atom is -0.379 e. The van der Waals surface area contributed by atoms with Crippen LogP contribution in [0.5, 0.6) is 0 Å². The Morgan fingerprint density at radius 2 is 2.56 bits per heavy atom. The zero-order chi connectivity index (χ0) is 12.8. The lowest BCUT2D eigenvalue weighted by atomic mass is 10.1. The highest BCUT2D eigenvalue weighted by atomic mass is 32.1. The van der Waals surface area contributed by atoms with Gasteiger partial charge in [0.25, 0.3) is 0 Å². The standard InChI is InChI=1S/C13H23N3OS/c1-10(7-12-8-17-6-5-15-12)14-4-3-13-16-11(2)9-18-13/h9-10,12,14-15H,3-8H2,1-2H3. The number of aryl methyl sites for hydroxylation is 1. The molecule has 0 aliphatic carbocycles. The lowest BCUT2D eigenvalue weighted by Gasteiger charge is -2.26. The third kappa shape index (κ3) is 4.65. The molecule has 2 N–H and O–H groups in total. The monoisotopic (exact) mass is 269 g/mol. The highest BCUT2D eigenvalue weighted by Gasteiger charge is 2.15. The van der Waals surface area contributed by atoms with Crippen molar-refractivity contribution in [2.75, 3.05) is 26.3 Å². The number of hydrogen-bond donors (Lipinski definition) is 2. The fourth-order valence-corrected chi connectivity index (χ4v) is 3.00. The van der Waals surface area contributed by atoms with Crippen molar-refractivity contribution in [3.8, 4) is 0 Å². The van der Waals surface area contributed by atoms with E-state index in [9.17, 15) is 0 Å². The summed E-state index contributed by atoms with van der Waals surface area (Å²) < 4.78 is 5.46. The molecule has 2 rings (SSSR count). The third-order valence-corrected chi connectivity index (χ3v) is 4.16. The van der Waals surface area contributed by atoms with E-state index in [0.717, 1.165) is 44.8 Å². The highest BCUT2D eigenvalue weighted by molar-refractivity contribution is 7.09. The Bertz CT molecular complexity index is 350. The third-order valence-electron chi connectivity index (χ3n) is 3.13. The Labute approximate surface area is 113 Å². The van der Waals surface area contributed by atoms with Gasteiger partial charge in [-0.05, 0) is 20.3 Å². The molecule has 2 heterocycles. The van der Waals surface area contributed by atoms with Crippen molar-refractivity contribution in [3.05, 3.63) is 16.1 Å². The minimum absolute atomic E-state index is 0.503. The van der Waals surface area contributed by atoms with Gasteiger partial charge in [0.2, 0.25) is 0 Å². The normalized spacial score (nSPS) is 22.0. The average Bonchev–Trinajstić information content (AvgIpc) is 2.76. The number of ether oxygens (including phenoxy) is 1. The Hall–Kier alpha value is -0.490. The van der Waals surface area contributed by atoms with E-state index >= 15 is 0 Å². The molecule has 0 aromatic carbocycles. The summed E-state index contributed by atoms with van der Waals surface area (Å²) in [5.74, 6) is 0. The fourth-order valence-electron chi connectivity index (χ4n) is 2.22. The van der Waals surface area contributed by atoms with Crippen LogP contribution in [0.25, 0.3) is 0 Å². The number of nitrogens with one attached hydrogen (secondary N) is 2. The maximum absolute atomic E-state index is 5.46.